The smallest absolute Gasteiger partial charge is 0.315 e. The molecule has 0 unspecified atom stereocenters. The van der Waals surface area contributed by atoms with Crippen molar-refractivity contribution >= 4 is 17.6 Å². The van der Waals surface area contributed by atoms with Gasteiger partial charge in [0.15, 0.2) is 0 Å². The van der Waals surface area contributed by atoms with Gasteiger partial charge in [0.25, 0.3) is 0 Å². The van der Waals surface area contributed by atoms with Crippen LogP contribution in [0.5, 0.6) is 0 Å². The first-order chi connectivity index (χ1) is 19.2. The first-order valence-corrected chi connectivity index (χ1v) is 14.4. The van der Waals surface area contributed by atoms with Crippen molar-refractivity contribution in [2.24, 2.45) is 11.8 Å². The minimum Gasteiger partial charge on any atom is -0.378 e. The number of rotatable bonds is 7. The molecule has 2 fully saturated rings. The van der Waals surface area contributed by atoms with Gasteiger partial charge in [-0.1, -0.05) is 61.4 Å². The van der Waals surface area contributed by atoms with Crippen molar-refractivity contribution in [2.45, 2.75) is 63.2 Å². The number of imidazole rings is 1. The first kappa shape index (κ1) is 25.5. The van der Waals surface area contributed by atoms with E-state index in [4.69, 9.17) is 0 Å². The summed E-state index contributed by atoms with van der Waals surface area (Å²) >= 11 is 0. The van der Waals surface area contributed by atoms with Crippen LogP contribution < -0.4 is 16.0 Å². The van der Waals surface area contributed by atoms with Crippen molar-refractivity contribution in [2.75, 3.05) is 18.4 Å². The van der Waals surface area contributed by atoms with Crippen LogP contribution in [0.3, 0.4) is 0 Å². The van der Waals surface area contributed by atoms with E-state index in [9.17, 15) is 9.59 Å². The summed E-state index contributed by atoms with van der Waals surface area (Å²) in [6, 6.07) is 18.9. The van der Waals surface area contributed by atoms with Crippen LogP contribution in [0.1, 0.15) is 61.7 Å². The van der Waals surface area contributed by atoms with Crippen molar-refractivity contribution in [3.63, 3.8) is 0 Å². The number of benzene rings is 2. The molecule has 39 heavy (non-hydrogen) atoms. The molecule has 3 N–H and O–H groups in total. The van der Waals surface area contributed by atoms with E-state index in [0.717, 1.165) is 57.3 Å². The van der Waals surface area contributed by atoms with Crippen molar-refractivity contribution in [1.82, 2.24) is 25.1 Å². The molecule has 0 bridgehead atoms. The number of aromatic nitrogens is 2. The fraction of sp³-hybridized carbons (Fsp3) is 0.452. The van der Waals surface area contributed by atoms with Crippen LogP contribution in [0.2, 0.25) is 0 Å². The average molecular weight is 527 g/mol. The molecule has 0 spiro atoms. The number of nitrogens with one attached hydrogen (secondary N) is 3. The lowest BCUT2D eigenvalue weighted by Gasteiger charge is -2.42. The fourth-order valence-electron chi connectivity index (χ4n) is 6.88. The van der Waals surface area contributed by atoms with Gasteiger partial charge in [-0.05, 0) is 42.9 Å². The quantitative estimate of drug-likeness (QED) is 0.383. The van der Waals surface area contributed by atoms with E-state index in [0.29, 0.717) is 12.5 Å². The van der Waals surface area contributed by atoms with Gasteiger partial charge in [-0.3, -0.25) is 4.79 Å². The van der Waals surface area contributed by atoms with Gasteiger partial charge < -0.3 is 25.4 Å². The number of amides is 3. The summed E-state index contributed by atoms with van der Waals surface area (Å²) in [6.07, 6.45) is 11.0. The Bertz CT molecular complexity index is 1260. The maximum absolute atomic E-state index is 14.2. The molecule has 3 heterocycles. The number of fused-ring (bicyclic) bond motifs is 3. The molecule has 1 aliphatic carbocycles. The monoisotopic (exact) mass is 526 g/mol. The third-order valence-corrected chi connectivity index (χ3v) is 8.74. The molecule has 5 atom stereocenters. The van der Waals surface area contributed by atoms with Gasteiger partial charge in [0.05, 0.1) is 24.3 Å². The van der Waals surface area contributed by atoms with E-state index in [1.807, 2.05) is 16.8 Å². The number of para-hydroxylation sites is 1. The van der Waals surface area contributed by atoms with Gasteiger partial charge in [-0.25, -0.2) is 9.78 Å². The highest BCUT2D eigenvalue weighted by Crippen LogP contribution is 2.51. The predicted molar refractivity (Wildman–Crippen MR) is 151 cm³/mol. The molecule has 1 saturated carbocycles. The van der Waals surface area contributed by atoms with Crippen LogP contribution in [0.4, 0.5) is 10.5 Å². The third kappa shape index (κ3) is 5.37. The molecule has 6 rings (SSSR count). The lowest BCUT2D eigenvalue weighted by Crippen LogP contribution is -2.52. The van der Waals surface area contributed by atoms with E-state index in [2.05, 4.69) is 74.4 Å². The number of anilines is 1. The standard InChI is InChI=1S/C31H38N6O2/c38-30(24-12-5-7-14-27(24)35-31(39)33-16-8-18-36-20-17-32-21-36)37-19-15-25-28(22-9-2-1-3-10-22)34-26-13-6-4-11-23(26)29(25)37/h1-4,6,9-11,13,17,20-21,24-25,27-29,34H,5,7-8,12,14-16,18-19H2,(H2,33,35,39)/t24-,25+,27+,28-,29-/m0/s1. The zero-order chi connectivity index (χ0) is 26.6. The number of likely N-dealkylation sites (tertiary alicyclic amines) is 1. The number of hydrogen-bond acceptors (Lipinski definition) is 4. The Morgan fingerprint density at radius 2 is 1.82 bits per heavy atom. The fourth-order valence-corrected chi connectivity index (χ4v) is 6.88. The summed E-state index contributed by atoms with van der Waals surface area (Å²) in [5, 5.41) is 9.93. The zero-order valence-electron chi connectivity index (χ0n) is 22.3. The molecule has 204 valence electrons. The minimum atomic E-state index is -0.188. The van der Waals surface area contributed by atoms with Gasteiger partial charge in [0.2, 0.25) is 5.91 Å². The highest BCUT2D eigenvalue weighted by atomic mass is 16.2. The van der Waals surface area contributed by atoms with Crippen LogP contribution in [0.25, 0.3) is 0 Å². The number of carbonyl (C=O) groups excluding carboxylic acids is 2. The molecule has 1 saturated heterocycles. The number of nitrogens with zero attached hydrogens (tertiary/aromatic N) is 3. The Kier molecular flexibility index (Phi) is 7.52. The number of aryl methyl sites for hydroxylation is 1. The van der Waals surface area contributed by atoms with Crippen molar-refractivity contribution < 1.29 is 9.59 Å². The lowest BCUT2D eigenvalue weighted by atomic mass is 9.79. The normalized spacial score (nSPS) is 25.7. The summed E-state index contributed by atoms with van der Waals surface area (Å²) in [6.45, 7) is 2.13. The van der Waals surface area contributed by atoms with Crippen LogP contribution >= 0.6 is 0 Å². The summed E-state index contributed by atoms with van der Waals surface area (Å²) in [4.78, 5) is 33.2. The molecule has 3 aromatic rings. The predicted octanol–water partition coefficient (Wildman–Crippen LogP) is 4.89. The number of hydrogen-bond donors (Lipinski definition) is 3. The van der Waals surface area contributed by atoms with Crippen LogP contribution in [0, 0.1) is 11.8 Å². The molecule has 8 heteroatoms. The minimum absolute atomic E-state index is 0.0414. The number of carbonyl (C=O) groups is 2. The van der Waals surface area contributed by atoms with Crippen molar-refractivity contribution in [3.8, 4) is 0 Å². The molecule has 0 radical (unpaired) electrons. The van der Waals surface area contributed by atoms with Gasteiger partial charge in [-0.2, -0.15) is 0 Å². The number of urea groups is 1. The van der Waals surface area contributed by atoms with Crippen LogP contribution in [0.15, 0.2) is 73.3 Å². The van der Waals surface area contributed by atoms with E-state index < -0.39 is 0 Å². The van der Waals surface area contributed by atoms with Gasteiger partial charge in [0.1, 0.15) is 0 Å². The van der Waals surface area contributed by atoms with Gasteiger partial charge in [0, 0.05) is 49.7 Å². The SMILES string of the molecule is O=C(NCCCn1ccnc1)N[C@@H]1CCCC[C@@H]1C(=O)N1CC[C@@H]2[C@H](c3ccccc3)Nc3ccccc3[C@@H]21. The Hall–Kier alpha value is -3.81. The van der Waals surface area contributed by atoms with Gasteiger partial charge >= 0.3 is 6.03 Å². The summed E-state index contributed by atoms with van der Waals surface area (Å²) in [5.41, 5.74) is 3.58. The molecular formula is C31H38N6O2. The molecular weight excluding hydrogens is 488 g/mol. The second-order valence-corrected chi connectivity index (χ2v) is 11.1. The molecule has 1 aromatic heterocycles. The summed E-state index contributed by atoms with van der Waals surface area (Å²) in [5.74, 6) is 0.308. The average Bonchev–Trinajstić information content (AvgIpc) is 3.66. The highest BCUT2D eigenvalue weighted by Gasteiger charge is 2.48. The first-order valence-electron chi connectivity index (χ1n) is 14.4. The molecule has 2 aromatic carbocycles. The van der Waals surface area contributed by atoms with E-state index in [1.165, 1.54) is 11.1 Å². The molecule has 3 amide bonds. The van der Waals surface area contributed by atoms with Crippen molar-refractivity contribution in [1.29, 1.82) is 0 Å². The second-order valence-electron chi connectivity index (χ2n) is 11.1. The van der Waals surface area contributed by atoms with Gasteiger partial charge in [-0.15, -0.1) is 0 Å². The Labute approximate surface area is 230 Å². The van der Waals surface area contributed by atoms with E-state index in [-0.39, 0.29) is 36.0 Å². The summed E-state index contributed by atoms with van der Waals surface area (Å²) in [7, 11) is 0. The zero-order valence-corrected chi connectivity index (χ0v) is 22.3. The third-order valence-electron chi connectivity index (χ3n) is 8.74. The molecule has 3 aliphatic rings. The van der Waals surface area contributed by atoms with Crippen LogP contribution in [-0.4, -0.2) is 45.5 Å². The topological polar surface area (TPSA) is 91.3 Å². The van der Waals surface area contributed by atoms with E-state index >= 15 is 0 Å². The Balaban J connectivity index is 1.15. The molecule has 8 nitrogen and oxygen atoms in total. The summed E-state index contributed by atoms with van der Waals surface area (Å²) < 4.78 is 2.00. The lowest BCUT2D eigenvalue weighted by molar-refractivity contribution is -0.138. The van der Waals surface area contributed by atoms with E-state index in [1.54, 1.807) is 12.5 Å². The second kappa shape index (κ2) is 11.5. The maximum atomic E-state index is 14.2. The largest absolute Gasteiger partial charge is 0.378 e. The van der Waals surface area contributed by atoms with Crippen LogP contribution in [-0.2, 0) is 11.3 Å². The molecule has 2 aliphatic heterocycles. The highest BCUT2D eigenvalue weighted by molar-refractivity contribution is 5.82. The Morgan fingerprint density at radius 1 is 1.00 bits per heavy atom. The van der Waals surface area contributed by atoms with Crippen molar-refractivity contribution in [3.05, 3.63) is 84.4 Å². The maximum Gasteiger partial charge on any atom is 0.315 e. The Morgan fingerprint density at radius 3 is 2.67 bits per heavy atom.